The van der Waals surface area contributed by atoms with E-state index in [2.05, 4.69) is 17.4 Å². The number of hydrogen-bond acceptors (Lipinski definition) is 4. The van der Waals surface area contributed by atoms with Gasteiger partial charge in [-0.25, -0.2) is 4.79 Å². The van der Waals surface area contributed by atoms with E-state index in [4.69, 9.17) is 21.1 Å². The third kappa shape index (κ3) is 4.06. The minimum Gasteiger partial charge on any atom is -0.495 e. The highest BCUT2D eigenvalue weighted by Crippen LogP contribution is 2.45. The molecule has 0 spiro atoms. The summed E-state index contributed by atoms with van der Waals surface area (Å²) in [5.41, 5.74) is 4.67. The van der Waals surface area contributed by atoms with Gasteiger partial charge < -0.3 is 19.7 Å². The summed E-state index contributed by atoms with van der Waals surface area (Å²) >= 11 is 8.23. The molecule has 2 aromatic carbocycles. The first-order chi connectivity index (χ1) is 16.1. The molecular weight excluding hydrogens is 456 g/mol. The molecule has 0 saturated heterocycles. The number of thiophene rings is 1. The van der Waals surface area contributed by atoms with Crippen molar-refractivity contribution in [1.82, 2.24) is 4.90 Å². The van der Waals surface area contributed by atoms with Crippen LogP contribution >= 0.6 is 22.9 Å². The number of benzene rings is 2. The zero-order valence-electron chi connectivity index (χ0n) is 18.8. The highest BCUT2D eigenvalue weighted by Gasteiger charge is 2.36. The summed E-state index contributed by atoms with van der Waals surface area (Å²) < 4.78 is 10.8. The van der Waals surface area contributed by atoms with Crippen LogP contribution in [0.1, 0.15) is 45.3 Å². The third-order valence-corrected chi connectivity index (χ3v) is 8.25. The lowest BCUT2D eigenvalue weighted by Crippen LogP contribution is -2.42. The molecule has 2 amide bonds. The van der Waals surface area contributed by atoms with Gasteiger partial charge in [-0.15, -0.1) is 11.3 Å². The van der Waals surface area contributed by atoms with E-state index in [1.165, 1.54) is 28.2 Å². The average Bonchev–Trinajstić information content (AvgIpc) is 3.23. The monoisotopic (exact) mass is 482 g/mol. The van der Waals surface area contributed by atoms with Gasteiger partial charge in [0, 0.05) is 22.4 Å². The Labute approximate surface area is 203 Å². The van der Waals surface area contributed by atoms with Crippen molar-refractivity contribution in [1.29, 1.82) is 0 Å². The van der Waals surface area contributed by atoms with Crippen molar-refractivity contribution in [3.63, 3.8) is 0 Å². The number of methoxy groups -OCH3 is 2. The van der Waals surface area contributed by atoms with Crippen LogP contribution < -0.4 is 14.8 Å². The minimum atomic E-state index is -0.166. The lowest BCUT2D eigenvalue weighted by molar-refractivity contribution is 0.195. The van der Waals surface area contributed by atoms with E-state index >= 15 is 0 Å². The van der Waals surface area contributed by atoms with Crippen LogP contribution in [0.3, 0.4) is 0 Å². The van der Waals surface area contributed by atoms with E-state index in [0.717, 1.165) is 24.8 Å². The molecule has 0 radical (unpaired) electrons. The number of anilines is 1. The molecule has 2 aliphatic rings. The second-order valence-electron chi connectivity index (χ2n) is 8.43. The Morgan fingerprint density at radius 2 is 1.79 bits per heavy atom. The fourth-order valence-electron chi connectivity index (χ4n) is 4.98. The smallest absolute Gasteiger partial charge is 0.322 e. The lowest BCUT2D eigenvalue weighted by atomic mass is 9.88. The standard InChI is InChI=1S/C26H27ClN2O3S/c1-31-21-15-22(32-2)20(14-19(21)27)28-26(30)29-13-12-18-17-10-6-7-11-23(17)33-25(18)24(29)16-8-4-3-5-9-16/h3-5,8-9,14-15,24H,6-7,10-13H2,1-2H3,(H,28,30)/t24-/m1/s1. The van der Waals surface area contributed by atoms with Crippen LogP contribution in [-0.4, -0.2) is 31.7 Å². The Kier molecular flexibility index (Phi) is 6.21. The molecule has 1 atom stereocenters. The quantitative estimate of drug-likeness (QED) is 0.463. The molecular formula is C26H27ClN2O3S. The number of rotatable bonds is 4. The van der Waals surface area contributed by atoms with Crippen LogP contribution in [0.2, 0.25) is 5.02 Å². The number of fused-ring (bicyclic) bond motifs is 3. The number of urea groups is 1. The van der Waals surface area contributed by atoms with Gasteiger partial charge in [-0.3, -0.25) is 0 Å². The van der Waals surface area contributed by atoms with Crippen molar-refractivity contribution in [2.24, 2.45) is 0 Å². The predicted molar refractivity (Wildman–Crippen MR) is 133 cm³/mol. The molecule has 0 unspecified atom stereocenters. The van der Waals surface area contributed by atoms with Crippen molar-refractivity contribution in [3.8, 4) is 11.5 Å². The SMILES string of the molecule is COc1cc(OC)c(NC(=O)N2CCc3c(sc4c3CCCC4)[C@H]2c2ccccc2)cc1Cl. The van der Waals surface area contributed by atoms with Crippen molar-refractivity contribution < 1.29 is 14.3 Å². The summed E-state index contributed by atoms with van der Waals surface area (Å²) in [6.07, 6.45) is 5.72. The van der Waals surface area contributed by atoms with Gasteiger partial charge in [-0.1, -0.05) is 41.9 Å². The van der Waals surface area contributed by atoms with Crippen molar-refractivity contribution in [3.05, 3.63) is 73.9 Å². The van der Waals surface area contributed by atoms with Gasteiger partial charge in [-0.05, 0) is 54.9 Å². The first kappa shape index (κ1) is 22.1. The highest BCUT2D eigenvalue weighted by atomic mass is 35.5. The summed E-state index contributed by atoms with van der Waals surface area (Å²) in [4.78, 5) is 18.4. The molecule has 2 heterocycles. The van der Waals surface area contributed by atoms with Crippen LogP contribution in [0, 0.1) is 0 Å². The van der Waals surface area contributed by atoms with Gasteiger partial charge in [0.1, 0.15) is 11.5 Å². The van der Waals surface area contributed by atoms with Crippen molar-refractivity contribution in [2.45, 2.75) is 38.1 Å². The number of nitrogens with zero attached hydrogens (tertiary/aromatic N) is 1. The highest BCUT2D eigenvalue weighted by molar-refractivity contribution is 7.12. The summed E-state index contributed by atoms with van der Waals surface area (Å²) in [6, 6.07) is 13.4. The number of aryl methyl sites for hydroxylation is 1. The van der Waals surface area contributed by atoms with Gasteiger partial charge in [0.15, 0.2) is 0 Å². The van der Waals surface area contributed by atoms with Gasteiger partial charge in [0.2, 0.25) is 0 Å². The zero-order valence-corrected chi connectivity index (χ0v) is 20.4. The Bertz CT molecular complexity index is 1180. The number of halogens is 1. The van der Waals surface area contributed by atoms with E-state index in [-0.39, 0.29) is 12.1 Å². The van der Waals surface area contributed by atoms with E-state index in [9.17, 15) is 4.79 Å². The van der Waals surface area contributed by atoms with Crippen LogP contribution in [0.5, 0.6) is 11.5 Å². The van der Waals surface area contributed by atoms with Crippen LogP contribution in [0.25, 0.3) is 0 Å². The molecule has 1 aromatic heterocycles. The maximum absolute atomic E-state index is 13.6. The first-order valence-corrected chi connectivity index (χ1v) is 12.5. The Morgan fingerprint density at radius 3 is 2.55 bits per heavy atom. The number of carbonyl (C=O) groups is 1. The van der Waals surface area contributed by atoms with E-state index in [1.807, 2.05) is 34.4 Å². The van der Waals surface area contributed by atoms with Crippen LogP contribution in [0.4, 0.5) is 10.5 Å². The second-order valence-corrected chi connectivity index (χ2v) is 9.97. The van der Waals surface area contributed by atoms with Gasteiger partial charge >= 0.3 is 6.03 Å². The molecule has 0 bridgehead atoms. The first-order valence-electron chi connectivity index (χ1n) is 11.3. The second kappa shape index (κ2) is 9.27. The molecule has 0 saturated carbocycles. The fraction of sp³-hybridized carbons (Fsp3) is 0.346. The molecule has 1 aliphatic heterocycles. The number of hydrogen-bond donors (Lipinski definition) is 1. The summed E-state index contributed by atoms with van der Waals surface area (Å²) in [5, 5.41) is 3.46. The predicted octanol–water partition coefficient (Wildman–Crippen LogP) is 6.48. The van der Waals surface area contributed by atoms with Gasteiger partial charge in [0.05, 0.1) is 31.0 Å². The molecule has 0 fully saturated rings. The molecule has 1 N–H and O–H groups in total. The summed E-state index contributed by atoms with van der Waals surface area (Å²) in [5.74, 6) is 1.01. The molecule has 5 rings (SSSR count). The molecule has 7 heteroatoms. The summed E-state index contributed by atoms with van der Waals surface area (Å²) in [6.45, 7) is 0.660. The largest absolute Gasteiger partial charge is 0.495 e. The van der Waals surface area contributed by atoms with E-state index in [0.29, 0.717) is 28.8 Å². The fourth-order valence-corrected chi connectivity index (χ4v) is 6.81. The lowest BCUT2D eigenvalue weighted by Gasteiger charge is -2.36. The van der Waals surface area contributed by atoms with Crippen molar-refractivity contribution >= 4 is 34.7 Å². The van der Waals surface area contributed by atoms with Crippen molar-refractivity contribution in [2.75, 3.05) is 26.1 Å². The van der Waals surface area contributed by atoms with E-state index < -0.39 is 0 Å². The van der Waals surface area contributed by atoms with Gasteiger partial charge in [0.25, 0.3) is 0 Å². The number of amides is 2. The zero-order chi connectivity index (χ0) is 22.9. The molecule has 5 nitrogen and oxygen atoms in total. The normalized spacial score (nSPS) is 17.2. The number of carbonyl (C=O) groups excluding carboxylic acids is 1. The van der Waals surface area contributed by atoms with Crippen LogP contribution in [0.15, 0.2) is 42.5 Å². The third-order valence-electron chi connectivity index (χ3n) is 6.57. The van der Waals surface area contributed by atoms with Crippen LogP contribution in [-0.2, 0) is 19.3 Å². The molecule has 3 aromatic rings. The molecule has 1 aliphatic carbocycles. The molecule has 172 valence electrons. The maximum atomic E-state index is 13.6. The average molecular weight is 483 g/mol. The molecule has 33 heavy (non-hydrogen) atoms. The van der Waals surface area contributed by atoms with Gasteiger partial charge in [-0.2, -0.15) is 0 Å². The Balaban J connectivity index is 1.52. The summed E-state index contributed by atoms with van der Waals surface area (Å²) in [7, 11) is 3.11. The Morgan fingerprint density at radius 1 is 1.03 bits per heavy atom. The topological polar surface area (TPSA) is 50.8 Å². The maximum Gasteiger partial charge on any atom is 0.322 e. The number of ether oxygens (including phenoxy) is 2. The Hall–Kier alpha value is -2.70. The van der Waals surface area contributed by atoms with E-state index in [1.54, 1.807) is 31.9 Å². The number of nitrogens with one attached hydrogen (secondary N) is 1. The minimum absolute atomic E-state index is 0.106.